The molecule has 1 aliphatic heterocycles. The van der Waals surface area contributed by atoms with Crippen LogP contribution in [0.3, 0.4) is 0 Å². The van der Waals surface area contributed by atoms with Gasteiger partial charge < -0.3 is 34.1 Å². The van der Waals surface area contributed by atoms with Crippen molar-refractivity contribution in [3.05, 3.63) is 130 Å². The number of carbonyl (C=O) groups excluding carboxylic acids is 2. The van der Waals surface area contributed by atoms with E-state index in [9.17, 15) is 19.2 Å². The molecule has 0 bridgehead atoms. The molecule has 1 saturated heterocycles. The van der Waals surface area contributed by atoms with Gasteiger partial charge in [0, 0.05) is 88.6 Å². The number of piperazine rings is 1. The highest BCUT2D eigenvalue weighted by Crippen LogP contribution is 2.29. The number of hydrogen-bond acceptors (Lipinski definition) is 8. The molecule has 15 heteroatoms. The molecule has 1 aliphatic rings. The van der Waals surface area contributed by atoms with Gasteiger partial charge in [0.15, 0.2) is 0 Å². The first-order chi connectivity index (χ1) is 26.3. The van der Waals surface area contributed by atoms with E-state index in [0.29, 0.717) is 70.5 Å². The molecule has 6 rings (SSSR count). The summed E-state index contributed by atoms with van der Waals surface area (Å²) in [6.07, 6.45) is 2.69. The minimum absolute atomic E-state index is 0.0199. The van der Waals surface area contributed by atoms with E-state index in [-0.39, 0.29) is 11.8 Å². The standard InChI is InChI=1S/C36H35Cl2N5O4.C4H4O4/c1-40(35(44)26-8-11-30(37)31(38)19-26)28-9-13-34(39-21-28)47-29-10-12-32-27(18-29)20-33(41(32)2)36(45)43-16-14-42(15-17-43)22-24-4-6-25(7-5-24)23-46-3;5-3(6)1-2-4(7)8/h4-13,18-21H,14-17,22-23H2,1-3H3;1-2H,(H,5,6)(H,7,8). The Morgan fingerprint density at radius 1 is 0.836 bits per heavy atom. The quantitative estimate of drug-likeness (QED) is 0.137. The number of carboxylic acids is 2. The third kappa shape index (κ3) is 10.7. The van der Waals surface area contributed by atoms with Crippen molar-refractivity contribution in [1.29, 1.82) is 0 Å². The summed E-state index contributed by atoms with van der Waals surface area (Å²) in [5.41, 5.74) is 4.99. The molecule has 3 aromatic carbocycles. The van der Waals surface area contributed by atoms with E-state index in [1.165, 1.54) is 10.5 Å². The molecule has 2 N–H and O–H groups in total. The summed E-state index contributed by atoms with van der Waals surface area (Å²) in [4.78, 5) is 55.8. The fourth-order valence-corrected chi connectivity index (χ4v) is 6.17. The molecule has 13 nitrogen and oxygen atoms in total. The van der Waals surface area contributed by atoms with Gasteiger partial charge in [0.25, 0.3) is 11.8 Å². The first-order valence-electron chi connectivity index (χ1n) is 17.0. The van der Waals surface area contributed by atoms with Gasteiger partial charge in [0.1, 0.15) is 11.4 Å². The van der Waals surface area contributed by atoms with E-state index in [1.807, 2.05) is 40.8 Å². The number of aryl methyl sites for hydroxylation is 1. The van der Waals surface area contributed by atoms with Crippen LogP contribution in [0, 0.1) is 0 Å². The van der Waals surface area contributed by atoms with Gasteiger partial charge in [-0.15, -0.1) is 0 Å². The Morgan fingerprint density at radius 3 is 2.11 bits per heavy atom. The van der Waals surface area contributed by atoms with Crippen molar-refractivity contribution < 1.29 is 38.9 Å². The van der Waals surface area contributed by atoms with Crippen molar-refractivity contribution in [2.45, 2.75) is 13.2 Å². The van der Waals surface area contributed by atoms with Crippen LogP contribution >= 0.6 is 23.2 Å². The largest absolute Gasteiger partial charge is 0.478 e. The van der Waals surface area contributed by atoms with E-state index in [0.717, 1.165) is 36.1 Å². The number of rotatable bonds is 11. The summed E-state index contributed by atoms with van der Waals surface area (Å²) in [6.45, 7) is 4.45. The highest BCUT2D eigenvalue weighted by molar-refractivity contribution is 6.42. The van der Waals surface area contributed by atoms with Crippen molar-refractivity contribution >= 4 is 63.5 Å². The van der Waals surface area contributed by atoms with Crippen molar-refractivity contribution in [1.82, 2.24) is 19.4 Å². The second kappa shape index (κ2) is 18.5. The Bertz CT molecular complexity index is 2180. The smallest absolute Gasteiger partial charge is 0.328 e. The number of ether oxygens (including phenoxy) is 2. The number of halogens is 2. The second-order valence-corrected chi connectivity index (χ2v) is 13.4. The van der Waals surface area contributed by atoms with E-state index in [2.05, 4.69) is 34.1 Å². The second-order valence-electron chi connectivity index (χ2n) is 12.6. The number of nitrogens with zero attached hydrogens (tertiary/aromatic N) is 5. The monoisotopic (exact) mass is 787 g/mol. The summed E-state index contributed by atoms with van der Waals surface area (Å²) >= 11 is 12.1. The number of aliphatic carboxylic acids is 2. The Morgan fingerprint density at radius 2 is 1.51 bits per heavy atom. The molecular formula is C40H39Cl2N5O8. The van der Waals surface area contributed by atoms with Gasteiger partial charge in [-0.3, -0.25) is 14.5 Å². The Hall–Kier alpha value is -5.73. The van der Waals surface area contributed by atoms with Crippen LogP contribution in [0.15, 0.2) is 97.2 Å². The first kappa shape index (κ1) is 40.5. The van der Waals surface area contributed by atoms with Crippen LogP contribution in [0.25, 0.3) is 10.9 Å². The Kier molecular flexibility index (Phi) is 13.6. The molecule has 2 amide bonds. The third-order valence-electron chi connectivity index (χ3n) is 8.80. The van der Waals surface area contributed by atoms with Crippen LogP contribution in [0.1, 0.15) is 32.0 Å². The SMILES string of the molecule is COCc1ccc(CN2CCN(C(=O)c3cc4cc(Oc5ccc(N(C)C(=O)c6ccc(Cl)c(Cl)c6)cn5)ccc4n3C)CC2)cc1.O=C(O)C=CC(=O)O. The van der Waals surface area contributed by atoms with Gasteiger partial charge in [0.05, 0.1) is 28.5 Å². The summed E-state index contributed by atoms with van der Waals surface area (Å²) in [7, 11) is 5.27. The van der Waals surface area contributed by atoms with E-state index in [1.54, 1.807) is 50.7 Å². The average molecular weight is 789 g/mol. The number of anilines is 1. The number of methoxy groups -OCH3 is 1. The highest BCUT2D eigenvalue weighted by atomic mass is 35.5. The van der Waals surface area contributed by atoms with Gasteiger partial charge in [-0.1, -0.05) is 47.5 Å². The summed E-state index contributed by atoms with van der Waals surface area (Å²) in [5, 5.41) is 17.2. The maximum Gasteiger partial charge on any atom is 0.328 e. The molecule has 0 atom stereocenters. The summed E-state index contributed by atoms with van der Waals surface area (Å²) in [6, 6.07) is 24.3. The van der Waals surface area contributed by atoms with E-state index >= 15 is 0 Å². The average Bonchev–Trinajstić information content (AvgIpc) is 3.51. The topological polar surface area (TPSA) is 155 Å². The van der Waals surface area contributed by atoms with Gasteiger partial charge in [-0.05, 0) is 59.7 Å². The van der Waals surface area contributed by atoms with Crippen molar-refractivity contribution in [2.75, 3.05) is 45.2 Å². The molecule has 0 saturated carbocycles. The van der Waals surface area contributed by atoms with Gasteiger partial charge in [-0.25, -0.2) is 14.6 Å². The van der Waals surface area contributed by atoms with Gasteiger partial charge in [0.2, 0.25) is 5.88 Å². The molecule has 0 unspecified atom stereocenters. The number of pyridine rings is 1. The Labute approximate surface area is 327 Å². The number of carbonyl (C=O) groups is 4. The number of benzene rings is 3. The summed E-state index contributed by atoms with van der Waals surface area (Å²) < 4.78 is 13.2. The molecule has 0 radical (unpaired) electrons. The van der Waals surface area contributed by atoms with Crippen LogP contribution in [0.2, 0.25) is 10.0 Å². The van der Waals surface area contributed by atoms with Gasteiger partial charge in [-0.2, -0.15) is 0 Å². The fraction of sp³-hybridized carbons (Fsp3) is 0.225. The molecular weight excluding hydrogens is 749 g/mol. The van der Waals surface area contributed by atoms with Gasteiger partial charge >= 0.3 is 11.9 Å². The van der Waals surface area contributed by atoms with E-state index < -0.39 is 11.9 Å². The molecule has 0 aliphatic carbocycles. The zero-order chi connectivity index (χ0) is 39.6. The molecule has 5 aromatic rings. The number of carboxylic acid groups (broad SMARTS) is 2. The van der Waals surface area contributed by atoms with Crippen LogP contribution < -0.4 is 9.64 Å². The molecule has 1 fully saturated rings. The first-order valence-corrected chi connectivity index (χ1v) is 17.8. The lowest BCUT2D eigenvalue weighted by atomic mass is 10.1. The molecule has 2 aromatic heterocycles. The number of amides is 2. The maximum absolute atomic E-state index is 13.6. The van der Waals surface area contributed by atoms with Crippen molar-refractivity contribution in [2.24, 2.45) is 7.05 Å². The lowest BCUT2D eigenvalue weighted by Gasteiger charge is -2.34. The van der Waals surface area contributed by atoms with Crippen molar-refractivity contribution in [3.8, 4) is 11.6 Å². The lowest BCUT2D eigenvalue weighted by Crippen LogP contribution is -2.48. The Balaban J connectivity index is 0.000000654. The molecule has 3 heterocycles. The number of aromatic nitrogens is 2. The van der Waals surface area contributed by atoms with E-state index in [4.69, 9.17) is 42.9 Å². The zero-order valence-electron chi connectivity index (χ0n) is 30.3. The normalized spacial score (nSPS) is 13.0. The minimum atomic E-state index is -1.26. The predicted octanol–water partition coefficient (Wildman–Crippen LogP) is 6.77. The predicted molar refractivity (Wildman–Crippen MR) is 209 cm³/mol. The zero-order valence-corrected chi connectivity index (χ0v) is 31.8. The van der Waals surface area contributed by atoms with Crippen molar-refractivity contribution in [3.63, 3.8) is 0 Å². The molecule has 0 spiro atoms. The van der Waals surface area contributed by atoms with Crippen LogP contribution in [0.5, 0.6) is 11.6 Å². The lowest BCUT2D eigenvalue weighted by molar-refractivity contribution is -0.134. The number of fused-ring (bicyclic) bond motifs is 1. The maximum atomic E-state index is 13.6. The third-order valence-corrected chi connectivity index (χ3v) is 9.54. The van der Waals surface area contributed by atoms with Crippen LogP contribution in [-0.4, -0.2) is 93.7 Å². The van der Waals surface area contributed by atoms with Crippen LogP contribution in [0.4, 0.5) is 5.69 Å². The number of hydrogen-bond donors (Lipinski definition) is 2. The highest BCUT2D eigenvalue weighted by Gasteiger charge is 2.25. The molecule has 55 heavy (non-hydrogen) atoms. The molecule has 286 valence electrons. The van der Waals surface area contributed by atoms with Crippen LogP contribution in [-0.2, 0) is 34.5 Å². The minimum Gasteiger partial charge on any atom is -0.478 e. The summed E-state index contributed by atoms with van der Waals surface area (Å²) in [5.74, 6) is -1.78. The fourth-order valence-electron chi connectivity index (χ4n) is 5.87.